The smallest absolute Gasteiger partial charge is 0.230 e. The van der Waals surface area contributed by atoms with Crippen molar-refractivity contribution in [1.82, 2.24) is 9.88 Å². The number of piperazine rings is 1. The number of para-hydroxylation sites is 2. The molecule has 0 unspecified atom stereocenters. The Hall–Kier alpha value is -2.90. The maximum absolute atomic E-state index is 12.7. The van der Waals surface area contributed by atoms with Crippen molar-refractivity contribution >= 4 is 28.6 Å². The Morgan fingerprint density at radius 2 is 1.84 bits per heavy atom. The number of nitrogens with one attached hydrogen (secondary N) is 1. The normalized spacial score (nSPS) is 14.5. The van der Waals surface area contributed by atoms with Crippen LogP contribution in [0.4, 0.5) is 11.4 Å². The van der Waals surface area contributed by atoms with Gasteiger partial charge in [0.25, 0.3) is 0 Å². The number of likely N-dealkylation sites (N-methyl/N-ethyl adjacent to an activating group) is 1. The summed E-state index contributed by atoms with van der Waals surface area (Å²) in [7, 11) is 2.14. The van der Waals surface area contributed by atoms with E-state index >= 15 is 0 Å². The third-order valence-corrected chi connectivity index (χ3v) is 6.27. The van der Waals surface area contributed by atoms with E-state index in [-0.39, 0.29) is 12.3 Å². The molecule has 1 fully saturated rings. The molecule has 1 amide bonds. The van der Waals surface area contributed by atoms with Crippen LogP contribution in [0.15, 0.2) is 53.9 Å². The summed E-state index contributed by atoms with van der Waals surface area (Å²) in [5.74, 6) is 0.798. The van der Waals surface area contributed by atoms with Crippen molar-refractivity contribution in [2.75, 3.05) is 50.1 Å². The van der Waals surface area contributed by atoms with Crippen molar-refractivity contribution < 1.29 is 9.53 Å². The number of nitrogens with zero attached hydrogens (tertiary/aromatic N) is 3. The summed E-state index contributed by atoms with van der Waals surface area (Å²) in [6, 6.07) is 15.9. The lowest BCUT2D eigenvalue weighted by molar-refractivity contribution is -0.115. The van der Waals surface area contributed by atoms with Gasteiger partial charge in [0, 0.05) is 37.1 Å². The van der Waals surface area contributed by atoms with Crippen LogP contribution in [0.3, 0.4) is 0 Å². The first kappa shape index (κ1) is 21.3. The topological polar surface area (TPSA) is 57.7 Å². The zero-order chi connectivity index (χ0) is 21.6. The standard InChI is InChI=1S/C24H28N4O2S/c1-3-30-20-10-8-18(9-11-20)24-25-19(17-31-24)16-23(29)26-21-6-4-5-7-22(21)28-14-12-27(2)13-15-28/h4-11,17H,3,12-16H2,1-2H3,(H,26,29). The van der Waals surface area contributed by atoms with Crippen molar-refractivity contribution in [3.63, 3.8) is 0 Å². The molecule has 0 saturated carbocycles. The van der Waals surface area contributed by atoms with E-state index in [0.717, 1.165) is 59.6 Å². The highest BCUT2D eigenvalue weighted by Crippen LogP contribution is 2.28. The molecule has 2 heterocycles. The van der Waals surface area contributed by atoms with E-state index in [1.54, 1.807) is 11.3 Å². The molecule has 4 rings (SSSR count). The van der Waals surface area contributed by atoms with E-state index in [0.29, 0.717) is 6.61 Å². The number of hydrogen-bond donors (Lipinski definition) is 1. The van der Waals surface area contributed by atoms with Gasteiger partial charge >= 0.3 is 0 Å². The summed E-state index contributed by atoms with van der Waals surface area (Å²) in [5, 5.41) is 5.95. The second-order valence-electron chi connectivity index (χ2n) is 7.63. The third kappa shape index (κ3) is 5.42. The second-order valence-corrected chi connectivity index (χ2v) is 8.49. The first-order valence-electron chi connectivity index (χ1n) is 10.6. The molecule has 3 aromatic rings. The average Bonchev–Trinajstić information content (AvgIpc) is 3.24. The molecule has 0 spiro atoms. The summed E-state index contributed by atoms with van der Waals surface area (Å²) < 4.78 is 5.49. The fraction of sp³-hybridized carbons (Fsp3) is 0.333. The molecule has 31 heavy (non-hydrogen) atoms. The number of ether oxygens (including phenoxy) is 1. The van der Waals surface area contributed by atoms with E-state index in [1.807, 2.05) is 54.8 Å². The van der Waals surface area contributed by atoms with Crippen LogP contribution in [0.25, 0.3) is 10.6 Å². The molecule has 2 aromatic carbocycles. The van der Waals surface area contributed by atoms with Crippen LogP contribution < -0.4 is 15.0 Å². The van der Waals surface area contributed by atoms with Crippen molar-refractivity contribution in [2.45, 2.75) is 13.3 Å². The van der Waals surface area contributed by atoms with Crippen molar-refractivity contribution in [1.29, 1.82) is 0 Å². The molecule has 0 radical (unpaired) electrons. The Balaban J connectivity index is 1.40. The van der Waals surface area contributed by atoms with E-state index in [2.05, 4.69) is 33.2 Å². The summed E-state index contributed by atoms with van der Waals surface area (Å²) in [6.45, 7) is 6.58. The summed E-state index contributed by atoms with van der Waals surface area (Å²) >= 11 is 1.55. The first-order chi connectivity index (χ1) is 15.1. The van der Waals surface area contributed by atoms with Gasteiger partial charge in [-0.25, -0.2) is 4.98 Å². The van der Waals surface area contributed by atoms with Crippen LogP contribution in [0.5, 0.6) is 5.75 Å². The van der Waals surface area contributed by atoms with Gasteiger partial charge in [-0.3, -0.25) is 4.79 Å². The SMILES string of the molecule is CCOc1ccc(-c2nc(CC(=O)Nc3ccccc3N3CCN(C)CC3)cs2)cc1. The van der Waals surface area contributed by atoms with Crippen molar-refractivity contribution in [3.8, 4) is 16.3 Å². The highest BCUT2D eigenvalue weighted by molar-refractivity contribution is 7.13. The lowest BCUT2D eigenvalue weighted by atomic mass is 10.2. The van der Waals surface area contributed by atoms with E-state index in [9.17, 15) is 4.79 Å². The molecule has 0 atom stereocenters. The van der Waals surface area contributed by atoms with Crippen molar-refractivity contribution in [2.24, 2.45) is 0 Å². The van der Waals surface area contributed by atoms with E-state index in [4.69, 9.17) is 4.74 Å². The zero-order valence-electron chi connectivity index (χ0n) is 18.0. The Labute approximate surface area is 187 Å². The van der Waals surface area contributed by atoms with Gasteiger partial charge in [0.2, 0.25) is 5.91 Å². The summed E-state index contributed by atoms with van der Waals surface area (Å²) in [6.07, 6.45) is 0.255. The molecule has 1 aliphatic rings. The largest absolute Gasteiger partial charge is 0.494 e. The number of carbonyl (C=O) groups is 1. The Kier molecular flexibility index (Phi) is 6.84. The number of aromatic nitrogens is 1. The van der Waals surface area contributed by atoms with Gasteiger partial charge in [-0.1, -0.05) is 12.1 Å². The number of carbonyl (C=O) groups excluding carboxylic acids is 1. The number of amides is 1. The number of hydrogen-bond acceptors (Lipinski definition) is 6. The number of rotatable bonds is 7. The second kappa shape index (κ2) is 9.94. The van der Waals surface area contributed by atoms with Crippen LogP contribution in [-0.2, 0) is 11.2 Å². The van der Waals surface area contributed by atoms with Gasteiger partial charge in [0.1, 0.15) is 10.8 Å². The number of benzene rings is 2. The lowest BCUT2D eigenvalue weighted by Gasteiger charge is -2.35. The van der Waals surface area contributed by atoms with Gasteiger partial charge in [-0.2, -0.15) is 0 Å². The summed E-state index contributed by atoms with van der Waals surface area (Å²) in [5.41, 5.74) is 3.75. The predicted octanol–water partition coefficient (Wildman–Crippen LogP) is 4.14. The lowest BCUT2D eigenvalue weighted by Crippen LogP contribution is -2.44. The molecular formula is C24H28N4O2S. The molecular weight excluding hydrogens is 408 g/mol. The van der Waals surface area contributed by atoms with Crippen LogP contribution >= 0.6 is 11.3 Å². The number of anilines is 2. The highest BCUT2D eigenvalue weighted by Gasteiger charge is 2.18. The van der Waals surface area contributed by atoms with Gasteiger partial charge in [0.05, 0.1) is 30.1 Å². The fourth-order valence-electron chi connectivity index (χ4n) is 3.64. The molecule has 1 N–H and O–H groups in total. The van der Waals surface area contributed by atoms with Crippen LogP contribution in [0.1, 0.15) is 12.6 Å². The zero-order valence-corrected chi connectivity index (χ0v) is 18.8. The fourth-order valence-corrected chi connectivity index (χ4v) is 4.47. The minimum absolute atomic E-state index is 0.0508. The molecule has 6 nitrogen and oxygen atoms in total. The van der Waals surface area contributed by atoms with E-state index < -0.39 is 0 Å². The average molecular weight is 437 g/mol. The Morgan fingerprint density at radius 3 is 2.58 bits per heavy atom. The molecule has 162 valence electrons. The molecule has 0 aliphatic carbocycles. The van der Waals surface area contributed by atoms with Crippen molar-refractivity contribution in [3.05, 3.63) is 59.6 Å². The highest BCUT2D eigenvalue weighted by atomic mass is 32.1. The number of thiazole rings is 1. The minimum Gasteiger partial charge on any atom is -0.494 e. The Morgan fingerprint density at radius 1 is 1.10 bits per heavy atom. The van der Waals surface area contributed by atoms with Gasteiger partial charge in [0.15, 0.2) is 0 Å². The molecule has 7 heteroatoms. The molecule has 1 saturated heterocycles. The van der Waals surface area contributed by atoms with Gasteiger partial charge in [-0.05, 0) is 50.4 Å². The minimum atomic E-state index is -0.0508. The maximum atomic E-state index is 12.7. The molecule has 1 aliphatic heterocycles. The van der Waals surface area contributed by atoms with Crippen LogP contribution in [-0.4, -0.2) is 55.6 Å². The molecule has 1 aromatic heterocycles. The van der Waals surface area contributed by atoms with Crippen LogP contribution in [0, 0.1) is 0 Å². The monoisotopic (exact) mass is 436 g/mol. The Bertz CT molecular complexity index is 1010. The third-order valence-electron chi connectivity index (χ3n) is 5.33. The van der Waals surface area contributed by atoms with Crippen LogP contribution in [0.2, 0.25) is 0 Å². The predicted molar refractivity (Wildman–Crippen MR) is 127 cm³/mol. The summed E-state index contributed by atoms with van der Waals surface area (Å²) in [4.78, 5) is 22.1. The molecule has 0 bridgehead atoms. The maximum Gasteiger partial charge on any atom is 0.230 e. The van der Waals surface area contributed by atoms with Gasteiger partial charge < -0.3 is 19.9 Å². The van der Waals surface area contributed by atoms with Gasteiger partial charge in [-0.15, -0.1) is 11.3 Å². The van der Waals surface area contributed by atoms with E-state index in [1.165, 1.54) is 0 Å². The quantitative estimate of drug-likeness (QED) is 0.603. The first-order valence-corrected chi connectivity index (χ1v) is 11.5.